The molecule has 2 amide bonds. The van der Waals surface area contributed by atoms with Gasteiger partial charge >= 0.3 is 6.03 Å². The van der Waals surface area contributed by atoms with Crippen LogP contribution in [0, 0.1) is 5.82 Å². The third-order valence-corrected chi connectivity index (χ3v) is 4.99. The van der Waals surface area contributed by atoms with Crippen molar-refractivity contribution in [3.63, 3.8) is 0 Å². The van der Waals surface area contributed by atoms with E-state index in [0.29, 0.717) is 29.8 Å². The Morgan fingerprint density at radius 1 is 1.04 bits per heavy atom. The summed E-state index contributed by atoms with van der Waals surface area (Å²) in [5.74, 6) is -0.389. The molecule has 1 saturated heterocycles. The minimum Gasteiger partial charge on any atom is -0.378 e. The van der Waals surface area contributed by atoms with Gasteiger partial charge in [0, 0.05) is 49.0 Å². The van der Waals surface area contributed by atoms with Gasteiger partial charge in [-0.1, -0.05) is 24.3 Å². The molecule has 0 aliphatic carbocycles. The highest BCUT2D eigenvalue weighted by molar-refractivity contribution is 5.77. The number of halogens is 1. The van der Waals surface area contributed by atoms with Crippen LogP contribution in [0.15, 0.2) is 73.3 Å². The summed E-state index contributed by atoms with van der Waals surface area (Å²) < 4.78 is 13.6. The van der Waals surface area contributed by atoms with Crippen LogP contribution in [0.3, 0.4) is 0 Å². The first-order valence-corrected chi connectivity index (χ1v) is 8.94. The van der Waals surface area contributed by atoms with Crippen molar-refractivity contribution in [2.24, 2.45) is 0 Å². The highest BCUT2D eigenvalue weighted by atomic mass is 19.1. The standard InChI is InChI=1S/C21H19FN4O2/c22-18-7-5-15(6-8-18)19(26-12-11-25-20(26)27)21(28,16-3-1-9-23-13-16)17-4-2-10-24-14-17/h1-10,13-14,19,28H,11-12H2,(H,25,27). The van der Waals surface area contributed by atoms with Crippen LogP contribution in [0.1, 0.15) is 22.7 Å². The lowest BCUT2D eigenvalue weighted by Crippen LogP contribution is -2.46. The molecule has 0 saturated carbocycles. The van der Waals surface area contributed by atoms with E-state index in [1.165, 1.54) is 12.1 Å². The van der Waals surface area contributed by atoms with Crippen molar-refractivity contribution in [2.75, 3.05) is 13.1 Å². The molecule has 142 valence electrons. The Morgan fingerprint density at radius 3 is 2.11 bits per heavy atom. The molecule has 0 spiro atoms. The number of nitrogens with zero attached hydrogens (tertiary/aromatic N) is 3. The number of nitrogens with one attached hydrogen (secondary N) is 1. The zero-order chi connectivity index (χ0) is 19.6. The minimum atomic E-state index is -1.64. The minimum absolute atomic E-state index is 0.291. The van der Waals surface area contributed by atoms with Crippen molar-refractivity contribution in [3.05, 3.63) is 95.8 Å². The maximum absolute atomic E-state index is 13.6. The summed E-state index contributed by atoms with van der Waals surface area (Å²) in [5, 5.41) is 14.9. The van der Waals surface area contributed by atoms with Crippen LogP contribution in [0.4, 0.5) is 9.18 Å². The molecule has 3 heterocycles. The first kappa shape index (κ1) is 18.1. The molecule has 1 aliphatic rings. The fraction of sp³-hybridized carbons (Fsp3) is 0.190. The molecule has 1 atom stereocenters. The average Bonchev–Trinajstić information content (AvgIpc) is 3.16. The van der Waals surface area contributed by atoms with Gasteiger partial charge in [0.15, 0.2) is 0 Å². The predicted molar refractivity (Wildman–Crippen MR) is 101 cm³/mol. The lowest BCUT2D eigenvalue weighted by molar-refractivity contribution is -0.00217. The van der Waals surface area contributed by atoms with Crippen LogP contribution in [0.2, 0.25) is 0 Å². The Balaban J connectivity index is 1.96. The molecular formula is C21H19FN4O2. The second kappa shape index (κ2) is 7.36. The third-order valence-electron chi connectivity index (χ3n) is 4.99. The first-order valence-electron chi connectivity index (χ1n) is 8.94. The van der Waals surface area contributed by atoms with Crippen LogP contribution in [-0.4, -0.2) is 39.1 Å². The molecule has 1 unspecified atom stereocenters. The number of pyridine rings is 2. The number of carbonyl (C=O) groups excluding carboxylic acids is 1. The Labute approximate surface area is 161 Å². The number of rotatable bonds is 5. The predicted octanol–water partition coefficient (Wildman–Crippen LogP) is 2.62. The zero-order valence-electron chi connectivity index (χ0n) is 15.0. The molecule has 1 aromatic carbocycles. The first-order chi connectivity index (χ1) is 13.6. The van der Waals surface area contributed by atoms with Gasteiger partial charge in [0.2, 0.25) is 0 Å². The Morgan fingerprint density at radius 2 is 1.64 bits per heavy atom. The number of hydrogen-bond donors (Lipinski definition) is 2. The van der Waals surface area contributed by atoms with E-state index in [9.17, 15) is 14.3 Å². The summed E-state index contributed by atoms with van der Waals surface area (Å²) in [6.45, 7) is 0.871. The molecule has 7 heteroatoms. The van der Waals surface area contributed by atoms with Crippen molar-refractivity contribution in [1.82, 2.24) is 20.2 Å². The average molecular weight is 378 g/mol. The SMILES string of the molecule is O=C1NCCN1C(c1ccc(F)cc1)C(O)(c1cccnc1)c1cccnc1. The van der Waals surface area contributed by atoms with Crippen LogP contribution in [-0.2, 0) is 5.60 Å². The van der Waals surface area contributed by atoms with E-state index in [1.807, 2.05) is 0 Å². The Kier molecular flexibility index (Phi) is 4.75. The molecule has 2 aromatic heterocycles. The largest absolute Gasteiger partial charge is 0.378 e. The van der Waals surface area contributed by atoms with Gasteiger partial charge in [-0.2, -0.15) is 0 Å². The normalized spacial score (nSPS) is 15.4. The van der Waals surface area contributed by atoms with Crippen molar-refractivity contribution >= 4 is 6.03 Å². The van der Waals surface area contributed by atoms with Gasteiger partial charge in [0.1, 0.15) is 11.4 Å². The lowest BCUT2D eigenvalue weighted by atomic mass is 9.77. The number of benzene rings is 1. The van der Waals surface area contributed by atoms with Crippen LogP contribution < -0.4 is 5.32 Å². The van der Waals surface area contributed by atoms with Crippen LogP contribution in [0.25, 0.3) is 0 Å². The van der Waals surface area contributed by atoms with Crippen molar-refractivity contribution < 1.29 is 14.3 Å². The summed E-state index contributed by atoms with van der Waals surface area (Å²) in [6.07, 6.45) is 6.36. The summed E-state index contributed by atoms with van der Waals surface area (Å²) in [5.41, 5.74) is -0.00937. The van der Waals surface area contributed by atoms with Crippen molar-refractivity contribution in [1.29, 1.82) is 0 Å². The van der Waals surface area contributed by atoms with E-state index >= 15 is 0 Å². The molecule has 4 rings (SSSR count). The Bertz CT molecular complexity index is 912. The summed E-state index contributed by atoms with van der Waals surface area (Å²) in [7, 11) is 0. The van der Waals surface area contributed by atoms with Crippen molar-refractivity contribution in [2.45, 2.75) is 11.6 Å². The molecule has 0 radical (unpaired) electrons. The number of amides is 2. The van der Waals surface area contributed by atoms with Gasteiger partial charge in [0.25, 0.3) is 0 Å². The fourth-order valence-electron chi connectivity index (χ4n) is 3.68. The maximum atomic E-state index is 13.6. The number of aliphatic hydroxyl groups is 1. The molecule has 6 nitrogen and oxygen atoms in total. The monoisotopic (exact) mass is 378 g/mol. The maximum Gasteiger partial charge on any atom is 0.318 e. The van der Waals surface area contributed by atoms with E-state index < -0.39 is 11.6 Å². The molecule has 28 heavy (non-hydrogen) atoms. The summed E-state index contributed by atoms with van der Waals surface area (Å²) in [4.78, 5) is 22.4. The van der Waals surface area contributed by atoms with Crippen molar-refractivity contribution in [3.8, 4) is 0 Å². The van der Waals surface area contributed by atoms with Gasteiger partial charge < -0.3 is 15.3 Å². The summed E-state index contributed by atoms with van der Waals surface area (Å²) in [6, 6.07) is 11.7. The van der Waals surface area contributed by atoms with Crippen LogP contribution in [0.5, 0.6) is 0 Å². The number of hydrogen-bond acceptors (Lipinski definition) is 4. The highest BCUT2D eigenvalue weighted by Gasteiger charge is 2.47. The fourth-order valence-corrected chi connectivity index (χ4v) is 3.68. The quantitative estimate of drug-likeness (QED) is 0.715. The molecule has 3 aromatic rings. The molecule has 0 bridgehead atoms. The number of urea groups is 1. The lowest BCUT2D eigenvalue weighted by Gasteiger charge is -2.41. The highest BCUT2D eigenvalue weighted by Crippen LogP contribution is 2.44. The zero-order valence-corrected chi connectivity index (χ0v) is 15.0. The smallest absolute Gasteiger partial charge is 0.318 e. The number of carbonyl (C=O) groups is 1. The van der Waals surface area contributed by atoms with Gasteiger partial charge in [-0.15, -0.1) is 0 Å². The van der Waals surface area contributed by atoms with Gasteiger partial charge in [-0.25, -0.2) is 9.18 Å². The summed E-state index contributed by atoms with van der Waals surface area (Å²) >= 11 is 0. The van der Waals surface area contributed by atoms with E-state index in [0.717, 1.165) is 0 Å². The van der Waals surface area contributed by atoms with Gasteiger partial charge in [-0.3, -0.25) is 9.97 Å². The van der Waals surface area contributed by atoms with E-state index in [1.54, 1.807) is 66.1 Å². The van der Waals surface area contributed by atoms with Gasteiger partial charge in [0.05, 0.1) is 6.04 Å². The number of aromatic nitrogens is 2. The Hall–Kier alpha value is -3.32. The van der Waals surface area contributed by atoms with Crippen LogP contribution >= 0.6 is 0 Å². The molecule has 1 fully saturated rings. The topological polar surface area (TPSA) is 78.4 Å². The van der Waals surface area contributed by atoms with E-state index in [2.05, 4.69) is 15.3 Å². The molecular weight excluding hydrogens is 359 g/mol. The molecule has 1 aliphatic heterocycles. The molecule has 2 N–H and O–H groups in total. The second-order valence-electron chi connectivity index (χ2n) is 6.63. The van der Waals surface area contributed by atoms with E-state index in [4.69, 9.17) is 0 Å². The third kappa shape index (κ3) is 3.10. The van der Waals surface area contributed by atoms with E-state index in [-0.39, 0.29) is 11.8 Å². The second-order valence-corrected chi connectivity index (χ2v) is 6.63. The van der Waals surface area contributed by atoms with Gasteiger partial charge in [-0.05, 0) is 29.8 Å².